The van der Waals surface area contributed by atoms with Crippen LogP contribution in [-0.4, -0.2) is 74.2 Å². The fraction of sp³-hybridized carbons (Fsp3) is 0.450. The summed E-state index contributed by atoms with van der Waals surface area (Å²) in [6.07, 6.45) is 2.55. The molecule has 2 heterocycles. The van der Waals surface area contributed by atoms with Gasteiger partial charge in [0.1, 0.15) is 11.4 Å². The average Bonchev–Trinajstić information content (AvgIpc) is 2.76. The molecule has 0 saturated carbocycles. The Bertz CT molecular complexity index is 826. The van der Waals surface area contributed by atoms with E-state index in [1.807, 2.05) is 18.2 Å². The summed E-state index contributed by atoms with van der Waals surface area (Å²) >= 11 is 6.16. The normalized spacial score (nSPS) is 14.5. The number of hydrogen-bond donors (Lipinski definition) is 2. The number of nitrogens with zero attached hydrogens (tertiary/aromatic N) is 4. The van der Waals surface area contributed by atoms with Gasteiger partial charge in [-0.3, -0.25) is 9.69 Å². The van der Waals surface area contributed by atoms with E-state index in [1.54, 1.807) is 26.4 Å². The van der Waals surface area contributed by atoms with Crippen molar-refractivity contribution in [3.8, 4) is 5.75 Å². The molecule has 2 aromatic rings. The Morgan fingerprint density at radius 2 is 2.03 bits per heavy atom. The van der Waals surface area contributed by atoms with Gasteiger partial charge < -0.3 is 20.3 Å². The lowest BCUT2D eigenvalue weighted by atomic mass is 10.2. The van der Waals surface area contributed by atoms with Crippen molar-refractivity contribution < 1.29 is 9.53 Å². The first kappa shape index (κ1) is 21.1. The molecule has 3 rings (SSSR count). The van der Waals surface area contributed by atoms with Gasteiger partial charge in [-0.25, -0.2) is 9.97 Å². The van der Waals surface area contributed by atoms with E-state index < -0.39 is 0 Å². The van der Waals surface area contributed by atoms with Crippen LogP contribution >= 0.6 is 11.6 Å². The van der Waals surface area contributed by atoms with E-state index in [4.69, 9.17) is 16.3 Å². The van der Waals surface area contributed by atoms with Crippen LogP contribution in [-0.2, 0) is 0 Å². The molecule has 156 valence electrons. The van der Waals surface area contributed by atoms with Crippen LogP contribution in [0.3, 0.4) is 0 Å². The molecule has 0 spiro atoms. The second-order valence-electron chi connectivity index (χ2n) is 6.77. The Hall–Kier alpha value is -2.58. The topological polar surface area (TPSA) is 82.6 Å². The Labute approximate surface area is 176 Å². The molecule has 0 radical (unpaired) electrons. The number of aromatic nitrogens is 2. The third-order valence-electron chi connectivity index (χ3n) is 4.90. The number of halogens is 1. The van der Waals surface area contributed by atoms with Crippen LogP contribution < -0.4 is 20.3 Å². The van der Waals surface area contributed by atoms with Gasteiger partial charge in [-0.05, 0) is 37.2 Å². The van der Waals surface area contributed by atoms with Crippen molar-refractivity contribution in [1.82, 2.24) is 20.2 Å². The number of rotatable bonds is 8. The number of ether oxygens (including phenoxy) is 1. The molecule has 1 saturated heterocycles. The van der Waals surface area contributed by atoms with Crippen molar-refractivity contribution in [2.45, 2.75) is 6.42 Å². The molecule has 1 aromatic heterocycles. The fourth-order valence-corrected chi connectivity index (χ4v) is 3.49. The van der Waals surface area contributed by atoms with Crippen molar-refractivity contribution in [3.63, 3.8) is 0 Å². The lowest BCUT2D eigenvalue weighted by Crippen LogP contribution is -2.47. The minimum Gasteiger partial charge on any atom is -0.495 e. The first-order valence-corrected chi connectivity index (χ1v) is 10.1. The summed E-state index contributed by atoms with van der Waals surface area (Å²) in [5.74, 6) is 1.11. The summed E-state index contributed by atoms with van der Waals surface area (Å²) in [5.41, 5.74) is 1.41. The molecule has 0 unspecified atom stereocenters. The molecule has 1 aliphatic heterocycles. The Kier molecular flexibility index (Phi) is 7.48. The average molecular weight is 419 g/mol. The summed E-state index contributed by atoms with van der Waals surface area (Å²) in [6.45, 7) is 5.57. The molecular weight excluding hydrogens is 392 g/mol. The second-order valence-corrected chi connectivity index (χ2v) is 7.21. The maximum absolute atomic E-state index is 11.6. The predicted molar refractivity (Wildman–Crippen MR) is 115 cm³/mol. The Morgan fingerprint density at radius 3 is 2.76 bits per heavy atom. The van der Waals surface area contributed by atoms with Crippen LogP contribution in [0.15, 0.2) is 30.5 Å². The lowest BCUT2D eigenvalue weighted by molar-refractivity contribution is 0.0958. The number of hydrogen-bond acceptors (Lipinski definition) is 7. The highest BCUT2D eigenvalue weighted by molar-refractivity contribution is 6.30. The third-order valence-corrected chi connectivity index (χ3v) is 5.14. The summed E-state index contributed by atoms with van der Waals surface area (Å²) in [5, 5.41) is 6.47. The molecule has 1 fully saturated rings. The van der Waals surface area contributed by atoms with Gasteiger partial charge in [0.15, 0.2) is 0 Å². The number of methoxy groups -OCH3 is 1. The summed E-state index contributed by atoms with van der Waals surface area (Å²) in [6, 6.07) is 7.32. The van der Waals surface area contributed by atoms with E-state index in [2.05, 4.69) is 30.4 Å². The predicted octanol–water partition coefficient (Wildman–Crippen LogP) is 2.12. The van der Waals surface area contributed by atoms with Crippen LogP contribution in [0, 0.1) is 0 Å². The Balaban J connectivity index is 1.42. The van der Waals surface area contributed by atoms with E-state index >= 15 is 0 Å². The second kappa shape index (κ2) is 10.3. The largest absolute Gasteiger partial charge is 0.495 e. The van der Waals surface area contributed by atoms with Crippen molar-refractivity contribution in [2.24, 2.45) is 0 Å². The number of carbonyl (C=O) groups excluding carboxylic acids is 1. The summed E-state index contributed by atoms with van der Waals surface area (Å²) < 4.78 is 5.47. The summed E-state index contributed by atoms with van der Waals surface area (Å²) in [7, 11) is 3.27. The van der Waals surface area contributed by atoms with E-state index in [-0.39, 0.29) is 5.91 Å². The maximum atomic E-state index is 11.6. The van der Waals surface area contributed by atoms with Gasteiger partial charge in [-0.2, -0.15) is 0 Å². The minimum atomic E-state index is -0.218. The van der Waals surface area contributed by atoms with Gasteiger partial charge >= 0.3 is 0 Å². The number of benzene rings is 1. The molecular formula is C20H27ClN6O2. The zero-order chi connectivity index (χ0) is 20.6. The quantitative estimate of drug-likeness (QED) is 0.635. The number of carbonyl (C=O) groups is 1. The van der Waals surface area contributed by atoms with Crippen molar-refractivity contribution in [1.29, 1.82) is 0 Å². The molecule has 9 heteroatoms. The minimum absolute atomic E-state index is 0.218. The number of piperazine rings is 1. The standard InChI is InChI=1S/C20H27ClN6O2/c1-22-19(28)16-6-8-24-20(25-16)23-7-3-9-26-10-12-27(13-11-26)17-14-15(21)4-5-18(17)29-2/h4-6,8,14H,3,7,9-13H2,1-2H3,(H,22,28)(H,23,24,25). The smallest absolute Gasteiger partial charge is 0.269 e. The molecule has 1 aliphatic rings. The van der Waals surface area contributed by atoms with Gasteiger partial charge in [0.25, 0.3) is 5.91 Å². The molecule has 1 amide bonds. The maximum Gasteiger partial charge on any atom is 0.269 e. The van der Waals surface area contributed by atoms with E-state index in [1.165, 1.54) is 0 Å². The van der Waals surface area contributed by atoms with Gasteiger partial charge in [0.2, 0.25) is 5.95 Å². The third kappa shape index (κ3) is 5.71. The first-order valence-electron chi connectivity index (χ1n) is 9.70. The monoisotopic (exact) mass is 418 g/mol. The highest BCUT2D eigenvalue weighted by Gasteiger charge is 2.19. The number of anilines is 2. The molecule has 8 nitrogen and oxygen atoms in total. The van der Waals surface area contributed by atoms with E-state index in [0.29, 0.717) is 11.6 Å². The van der Waals surface area contributed by atoms with Crippen LogP contribution in [0.2, 0.25) is 5.02 Å². The number of nitrogens with one attached hydrogen (secondary N) is 2. The van der Waals surface area contributed by atoms with E-state index in [0.717, 1.165) is 62.1 Å². The van der Waals surface area contributed by atoms with Crippen LogP contribution in [0.4, 0.5) is 11.6 Å². The van der Waals surface area contributed by atoms with Crippen molar-refractivity contribution in [3.05, 3.63) is 41.2 Å². The van der Waals surface area contributed by atoms with E-state index in [9.17, 15) is 4.79 Å². The zero-order valence-corrected chi connectivity index (χ0v) is 17.6. The van der Waals surface area contributed by atoms with Crippen LogP contribution in [0.5, 0.6) is 5.75 Å². The molecule has 1 aromatic carbocycles. The zero-order valence-electron chi connectivity index (χ0n) is 16.8. The SMILES string of the molecule is CNC(=O)c1ccnc(NCCCN2CCN(c3cc(Cl)ccc3OC)CC2)n1. The fourth-order valence-electron chi connectivity index (χ4n) is 3.32. The first-order chi connectivity index (χ1) is 14.1. The molecule has 0 bridgehead atoms. The molecule has 0 aliphatic carbocycles. The van der Waals surface area contributed by atoms with Gasteiger partial charge in [0, 0.05) is 51.0 Å². The molecule has 0 atom stereocenters. The molecule has 29 heavy (non-hydrogen) atoms. The highest BCUT2D eigenvalue weighted by atomic mass is 35.5. The van der Waals surface area contributed by atoms with Gasteiger partial charge in [0.05, 0.1) is 12.8 Å². The van der Waals surface area contributed by atoms with Gasteiger partial charge in [-0.1, -0.05) is 11.6 Å². The van der Waals surface area contributed by atoms with Crippen molar-refractivity contribution in [2.75, 3.05) is 63.6 Å². The number of amides is 1. The van der Waals surface area contributed by atoms with Crippen molar-refractivity contribution >= 4 is 29.1 Å². The summed E-state index contributed by atoms with van der Waals surface area (Å²) in [4.78, 5) is 24.8. The Morgan fingerprint density at radius 1 is 1.24 bits per heavy atom. The van der Waals surface area contributed by atoms with Crippen LogP contribution in [0.25, 0.3) is 0 Å². The highest BCUT2D eigenvalue weighted by Crippen LogP contribution is 2.31. The van der Waals surface area contributed by atoms with Crippen LogP contribution in [0.1, 0.15) is 16.9 Å². The lowest BCUT2D eigenvalue weighted by Gasteiger charge is -2.36. The molecule has 2 N–H and O–H groups in total. The van der Waals surface area contributed by atoms with Gasteiger partial charge in [-0.15, -0.1) is 0 Å².